The average Bonchev–Trinajstić information content (AvgIpc) is 2.57. The van der Waals surface area contributed by atoms with Gasteiger partial charge in [0.05, 0.1) is 11.9 Å². The molecule has 0 bridgehead atoms. The summed E-state index contributed by atoms with van der Waals surface area (Å²) in [6, 6.07) is 2.05. The zero-order valence-electron chi connectivity index (χ0n) is 9.83. The lowest BCUT2D eigenvalue weighted by Crippen LogP contribution is -2.38. The summed E-state index contributed by atoms with van der Waals surface area (Å²) in [5, 5.41) is 12.2. The average molecular weight is 206 g/mol. The molecule has 1 heterocycles. The molecular weight excluding hydrogens is 188 g/mol. The van der Waals surface area contributed by atoms with Gasteiger partial charge in [0.15, 0.2) is 0 Å². The first kappa shape index (κ1) is 11.7. The van der Waals surface area contributed by atoms with Crippen molar-refractivity contribution < 1.29 is 0 Å². The van der Waals surface area contributed by atoms with Crippen molar-refractivity contribution in [3.8, 4) is 6.07 Å². The van der Waals surface area contributed by atoms with E-state index in [2.05, 4.69) is 37.1 Å². The second-order valence-corrected chi connectivity index (χ2v) is 4.33. The van der Waals surface area contributed by atoms with Gasteiger partial charge in [0.25, 0.3) is 0 Å². The van der Waals surface area contributed by atoms with Crippen LogP contribution in [0.3, 0.4) is 0 Å². The van der Waals surface area contributed by atoms with Crippen LogP contribution in [0.25, 0.3) is 0 Å². The van der Waals surface area contributed by atoms with Gasteiger partial charge in [0, 0.05) is 19.1 Å². The van der Waals surface area contributed by atoms with E-state index in [4.69, 9.17) is 5.26 Å². The molecule has 0 amide bonds. The van der Waals surface area contributed by atoms with E-state index in [1.807, 2.05) is 11.6 Å². The van der Waals surface area contributed by atoms with Gasteiger partial charge in [-0.1, -0.05) is 6.92 Å². The molecule has 0 fully saturated rings. The van der Waals surface area contributed by atoms with Crippen LogP contribution in [0, 0.1) is 11.3 Å². The highest BCUT2D eigenvalue weighted by molar-refractivity contribution is 5.16. The molecule has 0 spiro atoms. The maximum absolute atomic E-state index is 8.75. The Labute approximate surface area is 90.9 Å². The molecule has 15 heavy (non-hydrogen) atoms. The lowest BCUT2D eigenvalue weighted by Gasteiger charge is -2.24. The van der Waals surface area contributed by atoms with Crippen molar-refractivity contribution in [2.24, 2.45) is 7.05 Å². The molecule has 0 saturated heterocycles. The molecular formula is C11H18N4. The Morgan fingerprint density at radius 2 is 2.27 bits per heavy atom. The van der Waals surface area contributed by atoms with Crippen molar-refractivity contribution in [2.75, 3.05) is 0 Å². The van der Waals surface area contributed by atoms with E-state index in [9.17, 15) is 0 Å². The molecule has 0 aromatic carbocycles. The highest BCUT2D eigenvalue weighted by Gasteiger charge is 2.15. The van der Waals surface area contributed by atoms with E-state index in [1.54, 1.807) is 6.20 Å². The molecule has 0 aliphatic rings. The number of aromatic nitrogens is 2. The Hall–Kier alpha value is -1.34. The van der Waals surface area contributed by atoms with Crippen LogP contribution in [0.1, 0.15) is 38.7 Å². The third kappa shape index (κ3) is 2.80. The summed E-state index contributed by atoms with van der Waals surface area (Å²) < 4.78 is 1.82. The van der Waals surface area contributed by atoms with Crippen molar-refractivity contribution >= 4 is 0 Å². The number of hydrogen-bond donors (Lipinski definition) is 1. The SMILES string of the molecule is CCC(C)(C)NCc1cnc(C#N)n1C. The highest BCUT2D eigenvalue weighted by atomic mass is 15.1. The minimum absolute atomic E-state index is 0.122. The van der Waals surface area contributed by atoms with E-state index in [-0.39, 0.29) is 5.54 Å². The summed E-state index contributed by atoms with van der Waals surface area (Å²) in [5.74, 6) is 0.459. The third-order valence-electron chi connectivity index (χ3n) is 2.82. The van der Waals surface area contributed by atoms with Crippen LogP contribution in [0.2, 0.25) is 0 Å². The lowest BCUT2D eigenvalue weighted by molar-refractivity contribution is 0.370. The first-order valence-corrected chi connectivity index (χ1v) is 5.16. The molecule has 0 unspecified atom stereocenters. The fraction of sp³-hybridized carbons (Fsp3) is 0.636. The van der Waals surface area contributed by atoms with Gasteiger partial charge in [-0.15, -0.1) is 0 Å². The van der Waals surface area contributed by atoms with Gasteiger partial charge in [0.2, 0.25) is 5.82 Å². The first-order valence-electron chi connectivity index (χ1n) is 5.16. The number of imidazole rings is 1. The van der Waals surface area contributed by atoms with Crippen LogP contribution in [0.15, 0.2) is 6.20 Å². The smallest absolute Gasteiger partial charge is 0.212 e. The first-order chi connectivity index (χ1) is 7.00. The predicted molar refractivity (Wildman–Crippen MR) is 59.1 cm³/mol. The van der Waals surface area contributed by atoms with E-state index in [0.717, 1.165) is 18.7 Å². The number of nitrogens with one attached hydrogen (secondary N) is 1. The molecule has 4 heteroatoms. The van der Waals surface area contributed by atoms with E-state index in [0.29, 0.717) is 5.82 Å². The summed E-state index contributed by atoms with van der Waals surface area (Å²) >= 11 is 0. The maximum Gasteiger partial charge on any atom is 0.212 e. The fourth-order valence-corrected chi connectivity index (χ4v) is 1.17. The van der Waals surface area contributed by atoms with Gasteiger partial charge >= 0.3 is 0 Å². The van der Waals surface area contributed by atoms with Crippen molar-refractivity contribution in [3.05, 3.63) is 17.7 Å². The van der Waals surface area contributed by atoms with Crippen LogP contribution in [-0.2, 0) is 13.6 Å². The standard InChI is InChI=1S/C11H18N4/c1-5-11(2,3)14-8-9-7-13-10(6-12)15(9)4/h7,14H,5,8H2,1-4H3. The van der Waals surface area contributed by atoms with E-state index >= 15 is 0 Å². The molecule has 0 radical (unpaired) electrons. The molecule has 0 aliphatic heterocycles. The van der Waals surface area contributed by atoms with Crippen LogP contribution >= 0.6 is 0 Å². The fourth-order valence-electron chi connectivity index (χ4n) is 1.17. The van der Waals surface area contributed by atoms with Gasteiger partial charge in [-0.05, 0) is 20.3 Å². The number of nitriles is 1. The van der Waals surface area contributed by atoms with Crippen molar-refractivity contribution in [1.82, 2.24) is 14.9 Å². The van der Waals surface area contributed by atoms with Gasteiger partial charge in [-0.3, -0.25) is 0 Å². The quantitative estimate of drug-likeness (QED) is 0.813. The molecule has 0 saturated carbocycles. The van der Waals surface area contributed by atoms with Gasteiger partial charge in [-0.2, -0.15) is 5.26 Å². The Morgan fingerprint density at radius 3 is 2.73 bits per heavy atom. The van der Waals surface area contributed by atoms with Crippen LogP contribution < -0.4 is 5.32 Å². The second kappa shape index (κ2) is 4.45. The lowest BCUT2D eigenvalue weighted by atomic mass is 10.0. The largest absolute Gasteiger partial charge is 0.322 e. The number of hydrogen-bond acceptors (Lipinski definition) is 3. The molecule has 0 aliphatic carbocycles. The van der Waals surface area contributed by atoms with Gasteiger partial charge < -0.3 is 9.88 Å². The number of rotatable bonds is 4. The summed E-state index contributed by atoms with van der Waals surface area (Å²) in [7, 11) is 1.86. The summed E-state index contributed by atoms with van der Waals surface area (Å²) in [4.78, 5) is 4.02. The topological polar surface area (TPSA) is 53.6 Å². The molecule has 1 aromatic heterocycles. The molecule has 0 atom stereocenters. The maximum atomic E-state index is 8.75. The van der Waals surface area contributed by atoms with Crippen molar-refractivity contribution in [3.63, 3.8) is 0 Å². The molecule has 1 aromatic rings. The Kier molecular flexibility index (Phi) is 3.48. The van der Waals surface area contributed by atoms with Crippen molar-refractivity contribution in [2.45, 2.75) is 39.3 Å². The molecule has 82 valence electrons. The summed E-state index contributed by atoms with van der Waals surface area (Å²) in [6.45, 7) is 7.21. The monoisotopic (exact) mass is 206 g/mol. The highest BCUT2D eigenvalue weighted by Crippen LogP contribution is 2.09. The third-order valence-corrected chi connectivity index (χ3v) is 2.82. The minimum Gasteiger partial charge on any atom is -0.322 e. The van der Waals surface area contributed by atoms with E-state index in [1.165, 1.54) is 0 Å². The predicted octanol–water partition coefficient (Wildman–Crippen LogP) is 1.57. The van der Waals surface area contributed by atoms with Gasteiger partial charge in [-0.25, -0.2) is 4.98 Å². The molecule has 4 nitrogen and oxygen atoms in total. The molecule has 1 N–H and O–H groups in total. The zero-order chi connectivity index (χ0) is 11.5. The van der Waals surface area contributed by atoms with Gasteiger partial charge in [0.1, 0.15) is 6.07 Å². The second-order valence-electron chi connectivity index (χ2n) is 4.33. The zero-order valence-corrected chi connectivity index (χ0v) is 9.83. The number of nitrogens with zero attached hydrogens (tertiary/aromatic N) is 3. The van der Waals surface area contributed by atoms with Crippen LogP contribution in [0.4, 0.5) is 0 Å². The van der Waals surface area contributed by atoms with Crippen molar-refractivity contribution in [1.29, 1.82) is 5.26 Å². The van der Waals surface area contributed by atoms with Crippen LogP contribution in [0.5, 0.6) is 0 Å². The normalized spacial score (nSPS) is 11.4. The summed E-state index contributed by atoms with van der Waals surface area (Å²) in [5.41, 5.74) is 1.16. The minimum atomic E-state index is 0.122. The Bertz CT molecular complexity index is 370. The molecule has 1 rings (SSSR count). The van der Waals surface area contributed by atoms with E-state index < -0.39 is 0 Å². The Balaban J connectivity index is 2.67. The van der Waals surface area contributed by atoms with Crippen LogP contribution in [-0.4, -0.2) is 15.1 Å². The summed E-state index contributed by atoms with van der Waals surface area (Å²) in [6.07, 6.45) is 2.81. The Morgan fingerprint density at radius 1 is 1.60 bits per heavy atom.